The number of hydrogen-bond acceptors (Lipinski definition) is 3. The summed E-state index contributed by atoms with van der Waals surface area (Å²) in [5, 5.41) is 0. The van der Waals surface area contributed by atoms with Crippen molar-refractivity contribution in [1.82, 2.24) is 4.90 Å². The summed E-state index contributed by atoms with van der Waals surface area (Å²) in [6.07, 6.45) is 4.54. The molecule has 2 amide bonds. The van der Waals surface area contributed by atoms with Crippen molar-refractivity contribution in [2.45, 2.75) is 39.0 Å². The third kappa shape index (κ3) is 5.49. The Labute approximate surface area is 109 Å². The molecule has 0 saturated carbocycles. The number of carbonyl (C=O) groups excluding carboxylic acids is 2. The largest absolute Gasteiger partial charge is 0.372 e. The first-order chi connectivity index (χ1) is 8.63. The van der Waals surface area contributed by atoms with E-state index in [1.165, 1.54) is 0 Å². The van der Waals surface area contributed by atoms with Crippen LogP contribution in [-0.2, 0) is 14.3 Å². The Balaban J connectivity index is 2.13. The summed E-state index contributed by atoms with van der Waals surface area (Å²) in [4.78, 5) is 24.4. The maximum absolute atomic E-state index is 11.8. The van der Waals surface area contributed by atoms with Crippen LogP contribution in [0.25, 0.3) is 0 Å². The number of hydrogen-bond donors (Lipinski definition) is 1. The van der Waals surface area contributed by atoms with Crippen LogP contribution >= 0.6 is 0 Å². The molecule has 0 aromatic carbocycles. The maximum atomic E-state index is 11.8. The molecule has 18 heavy (non-hydrogen) atoms. The summed E-state index contributed by atoms with van der Waals surface area (Å²) in [7, 11) is 0. The van der Waals surface area contributed by atoms with Gasteiger partial charge in [-0.05, 0) is 18.8 Å². The second-order valence-corrected chi connectivity index (χ2v) is 4.92. The van der Waals surface area contributed by atoms with Gasteiger partial charge in [0.25, 0.3) is 0 Å². The van der Waals surface area contributed by atoms with Crippen molar-refractivity contribution in [3.8, 4) is 0 Å². The van der Waals surface area contributed by atoms with Crippen LogP contribution in [-0.4, -0.2) is 43.0 Å². The molecule has 1 atom stereocenters. The predicted octanol–water partition coefficient (Wildman–Crippen LogP) is 0.917. The van der Waals surface area contributed by atoms with Crippen molar-refractivity contribution in [2.75, 3.05) is 26.3 Å². The highest BCUT2D eigenvalue weighted by Gasteiger charge is 2.26. The molecule has 5 heteroatoms. The molecule has 0 aliphatic carbocycles. The number of nitrogens with zero attached hydrogens (tertiary/aromatic N) is 1. The molecule has 0 radical (unpaired) electrons. The number of ether oxygens (including phenoxy) is 1. The van der Waals surface area contributed by atoms with E-state index < -0.39 is 0 Å². The van der Waals surface area contributed by atoms with Gasteiger partial charge in [0, 0.05) is 26.1 Å². The minimum atomic E-state index is -0.287. The van der Waals surface area contributed by atoms with Gasteiger partial charge in [-0.15, -0.1) is 0 Å². The van der Waals surface area contributed by atoms with Crippen molar-refractivity contribution >= 4 is 11.8 Å². The number of nitrogens with two attached hydrogens (primary N) is 1. The lowest BCUT2D eigenvalue weighted by molar-refractivity contribution is -0.135. The molecule has 2 N–H and O–H groups in total. The van der Waals surface area contributed by atoms with Gasteiger partial charge in [-0.1, -0.05) is 19.8 Å². The second-order valence-electron chi connectivity index (χ2n) is 4.92. The topological polar surface area (TPSA) is 72.6 Å². The Kier molecular flexibility index (Phi) is 6.72. The van der Waals surface area contributed by atoms with Gasteiger partial charge < -0.3 is 15.4 Å². The quantitative estimate of drug-likeness (QED) is 0.656. The fourth-order valence-corrected chi connectivity index (χ4v) is 2.22. The van der Waals surface area contributed by atoms with E-state index in [-0.39, 0.29) is 24.3 Å². The van der Waals surface area contributed by atoms with E-state index in [0.29, 0.717) is 19.6 Å². The first-order valence-corrected chi connectivity index (χ1v) is 6.77. The molecule has 1 aliphatic heterocycles. The Morgan fingerprint density at radius 2 is 2.17 bits per heavy atom. The molecule has 1 saturated heterocycles. The highest BCUT2D eigenvalue weighted by molar-refractivity contribution is 5.78. The van der Waals surface area contributed by atoms with Crippen molar-refractivity contribution in [3.05, 3.63) is 0 Å². The molecule has 0 aromatic heterocycles. The zero-order valence-corrected chi connectivity index (χ0v) is 11.2. The molecule has 104 valence electrons. The standard InChI is InChI=1S/C13H24N2O3/c1-2-3-4-7-18-10-13(17)15-6-5-11(9-15)8-12(14)16/h11H,2-10H2,1H3,(H2,14,16)/t11-/m1/s1. The molecule has 1 rings (SSSR count). The third-order valence-electron chi connectivity index (χ3n) is 3.25. The summed E-state index contributed by atoms with van der Waals surface area (Å²) >= 11 is 0. The highest BCUT2D eigenvalue weighted by atomic mass is 16.5. The smallest absolute Gasteiger partial charge is 0.248 e. The number of rotatable bonds is 8. The molecule has 0 spiro atoms. The molecule has 1 aliphatic rings. The Bertz CT molecular complexity index is 281. The van der Waals surface area contributed by atoms with Crippen molar-refractivity contribution in [1.29, 1.82) is 0 Å². The Morgan fingerprint density at radius 1 is 1.39 bits per heavy atom. The fraction of sp³-hybridized carbons (Fsp3) is 0.846. The van der Waals surface area contributed by atoms with Crippen LogP contribution < -0.4 is 5.73 Å². The molecule has 0 bridgehead atoms. The molecule has 0 aromatic rings. The third-order valence-corrected chi connectivity index (χ3v) is 3.25. The highest BCUT2D eigenvalue weighted by Crippen LogP contribution is 2.19. The minimum Gasteiger partial charge on any atom is -0.372 e. The van der Waals surface area contributed by atoms with Gasteiger partial charge in [0.05, 0.1) is 0 Å². The van der Waals surface area contributed by atoms with E-state index in [9.17, 15) is 9.59 Å². The number of likely N-dealkylation sites (tertiary alicyclic amines) is 1. The van der Waals surface area contributed by atoms with Crippen LogP contribution in [0.2, 0.25) is 0 Å². The van der Waals surface area contributed by atoms with E-state index >= 15 is 0 Å². The van der Waals surface area contributed by atoms with Crippen LogP contribution in [0.4, 0.5) is 0 Å². The number of primary amides is 1. The molecular weight excluding hydrogens is 232 g/mol. The summed E-state index contributed by atoms with van der Waals surface area (Å²) in [5.74, 6) is -0.0323. The zero-order chi connectivity index (χ0) is 13.4. The molecular formula is C13H24N2O3. The van der Waals surface area contributed by atoms with E-state index in [1.54, 1.807) is 4.90 Å². The molecule has 5 nitrogen and oxygen atoms in total. The maximum Gasteiger partial charge on any atom is 0.248 e. The van der Waals surface area contributed by atoms with Gasteiger partial charge in [0.1, 0.15) is 6.61 Å². The zero-order valence-electron chi connectivity index (χ0n) is 11.2. The van der Waals surface area contributed by atoms with Crippen LogP contribution in [0.5, 0.6) is 0 Å². The summed E-state index contributed by atoms with van der Waals surface area (Å²) in [6.45, 7) is 4.30. The minimum absolute atomic E-state index is 0.0264. The lowest BCUT2D eigenvalue weighted by Crippen LogP contribution is -2.32. The van der Waals surface area contributed by atoms with Gasteiger partial charge >= 0.3 is 0 Å². The van der Waals surface area contributed by atoms with Crippen molar-refractivity contribution < 1.29 is 14.3 Å². The van der Waals surface area contributed by atoms with Gasteiger partial charge in [-0.3, -0.25) is 9.59 Å². The summed E-state index contributed by atoms with van der Waals surface area (Å²) in [6, 6.07) is 0. The van der Waals surface area contributed by atoms with E-state index in [4.69, 9.17) is 10.5 Å². The fourth-order valence-electron chi connectivity index (χ4n) is 2.22. The van der Waals surface area contributed by atoms with Gasteiger partial charge in [0.15, 0.2) is 0 Å². The average Bonchev–Trinajstić information content (AvgIpc) is 2.76. The molecule has 0 unspecified atom stereocenters. The van der Waals surface area contributed by atoms with Crippen LogP contribution in [0.3, 0.4) is 0 Å². The van der Waals surface area contributed by atoms with Gasteiger partial charge in [-0.2, -0.15) is 0 Å². The van der Waals surface area contributed by atoms with Gasteiger partial charge in [-0.25, -0.2) is 0 Å². The van der Waals surface area contributed by atoms with E-state index in [1.807, 2.05) is 0 Å². The summed E-state index contributed by atoms with van der Waals surface area (Å²) in [5.41, 5.74) is 5.15. The number of unbranched alkanes of at least 4 members (excludes halogenated alkanes) is 2. The normalized spacial score (nSPS) is 19.2. The van der Waals surface area contributed by atoms with Gasteiger partial charge in [0.2, 0.25) is 11.8 Å². The van der Waals surface area contributed by atoms with Crippen molar-refractivity contribution in [3.63, 3.8) is 0 Å². The van der Waals surface area contributed by atoms with Crippen molar-refractivity contribution in [2.24, 2.45) is 11.7 Å². The lowest BCUT2D eigenvalue weighted by atomic mass is 10.1. The first-order valence-electron chi connectivity index (χ1n) is 6.77. The second kappa shape index (κ2) is 8.08. The molecule has 1 fully saturated rings. The predicted molar refractivity (Wildman–Crippen MR) is 68.8 cm³/mol. The molecule has 1 heterocycles. The van der Waals surface area contributed by atoms with Crippen LogP contribution in [0.15, 0.2) is 0 Å². The van der Waals surface area contributed by atoms with E-state index in [0.717, 1.165) is 32.2 Å². The van der Waals surface area contributed by atoms with Crippen LogP contribution in [0.1, 0.15) is 39.0 Å². The van der Waals surface area contributed by atoms with Crippen LogP contribution in [0, 0.1) is 5.92 Å². The monoisotopic (exact) mass is 256 g/mol. The van der Waals surface area contributed by atoms with E-state index in [2.05, 4.69) is 6.92 Å². The first kappa shape index (κ1) is 15.0. The number of amides is 2. The number of carbonyl (C=O) groups is 2. The average molecular weight is 256 g/mol. The Morgan fingerprint density at radius 3 is 2.83 bits per heavy atom. The summed E-state index contributed by atoms with van der Waals surface area (Å²) < 4.78 is 5.34. The SMILES string of the molecule is CCCCCOCC(=O)N1CC[C@H](CC(N)=O)C1. The lowest BCUT2D eigenvalue weighted by Gasteiger charge is -2.16. The Hall–Kier alpha value is -1.10.